The lowest BCUT2D eigenvalue weighted by atomic mass is 9.63. The smallest absolute Gasteiger partial charge is 0.0622 e. The second-order valence-electron chi connectivity index (χ2n) is 9.43. The Balaban J connectivity index is 1.88. The van der Waals surface area contributed by atoms with E-state index in [1.54, 1.807) is 0 Å². The van der Waals surface area contributed by atoms with Crippen LogP contribution < -0.4 is 0 Å². The van der Waals surface area contributed by atoms with Crippen LogP contribution in [0, 0.1) is 13.8 Å². The molecule has 168 valence electrons. The topological polar surface area (TPSA) is 0 Å². The van der Waals surface area contributed by atoms with Crippen LogP contribution in [0.25, 0.3) is 21.5 Å². The molecule has 0 aliphatic rings. The van der Waals surface area contributed by atoms with E-state index in [-0.39, 0.29) is 0 Å². The standard InChI is InChI=1S/C35H28/c1-25-21-23-33(31-19-11-9-17-29(25)31)35(27-13-5-3-6-14-27,28-15-7-4-8-16-28)34-24-22-26(2)30-18-10-12-20-32(30)34/h3-24H,1-2H3. The van der Waals surface area contributed by atoms with Crippen LogP contribution in [0.3, 0.4) is 0 Å². The Kier molecular flexibility index (Phi) is 5.23. The van der Waals surface area contributed by atoms with E-state index in [1.807, 2.05) is 0 Å². The molecule has 0 saturated carbocycles. The molecule has 0 aliphatic carbocycles. The van der Waals surface area contributed by atoms with Crippen molar-refractivity contribution in [3.05, 3.63) is 167 Å². The van der Waals surface area contributed by atoms with Gasteiger partial charge in [-0.05, 0) is 68.8 Å². The SMILES string of the molecule is Cc1ccc(C(c2ccccc2)(c2ccccc2)c2ccc(C)c3ccccc23)c2ccccc12. The molecule has 0 aromatic heterocycles. The van der Waals surface area contributed by atoms with Crippen molar-refractivity contribution in [3.63, 3.8) is 0 Å². The van der Waals surface area contributed by atoms with Gasteiger partial charge in [-0.3, -0.25) is 0 Å². The average Bonchev–Trinajstić information content (AvgIpc) is 2.93. The molecule has 0 heterocycles. The van der Waals surface area contributed by atoms with Crippen LogP contribution in [-0.2, 0) is 5.41 Å². The van der Waals surface area contributed by atoms with Crippen molar-refractivity contribution in [3.8, 4) is 0 Å². The number of fused-ring (bicyclic) bond motifs is 2. The third-order valence-corrected chi connectivity index (χ3v) is 7.51. The number of hydrogen-bond acceptors (Lipinski definition) is 0. The van der Waals surface area contributed by atoms with E-state index < -0.39 is 5.41 Å². The van der Waals surface area contributed by atoms with Crippen molar-refractivity contribution < 1.29 is 0 Å². The summed E-state index contributed by atoms with van der Waals surface area (Å²) >= 11 is 0. The van der Waals surface area contributed by atoms with Gasteiger partial charge in [-0.2, -0.15) is 0 Å². The lowest BCUT2D eigenvalue weighted by Gasteiger charge is -2.38. The minimum absolute atomic E-state index is 0.483. The maximum Gasteiger partial charge on any atom is 0.0713 e. The molecular weight excluding hydrogens is 420 g/mol. The monoisotopic (exact) mass is 448 g/mol. The fraction of sp³-hybridized carbons (Fsp3) is 0.0857. The van der Waals surface area contributed by atoms with Crippen LogP contribution >= 0.6 is 0 Å². The molecule has 0 radical (unpaired) electrons. The summed E-state index contributed by atoms with van der Waals surface area (Å²) in [7, 11) is 0. The molecule has 35 heavy (non-hydrogen) atoms. The third-order valence-electron chi connectivity index (χ3n) is 7.51. The first-order chi connectivity index (χ1) is 17.2. The van der Waals surface area contributed by atoms with Gasteiger partial charge >= 0.3 is 0 Å². The van der Waals surface area contributed by atoms with E-state index >= 15 is 0 Å². The Bertz CT molecular complexity index is 1520. The second-order valence-corrected chi connectivity index (χ2v) is 9.43. The Morgan fingerprint density at radius 3 is 1.09 bits per heavy atom. The Morgan fingerprint density at radius 2 is 0.686 bits per heavy atom. The molecule has 0 spiro atoms. The van der Waals surface area contributed by atoms with Crippen LogP contribution in [0.1, 0.15) is 33.4 Å². The molecular formula is C35H28. The summed E-state index contributed by atoms with van der Waals surface area (Å²) in [5, 5.41) is 5.20. The van der Waals surface area contributed by atoms with Gasteiger partial charge in [0.15, 0.2) is 0 Å². The summed E-state index contributed by atoms with van der Waals surface area (Å²) in [5.41, 5.74) is 7.28. The van der Waals surface area contributed by atoms with Crippen molar-refractivity contribution >= 4 is 21.5 Å². The number of rotatable bonds is 4. The highest BCUT2D eigenvalue weighted by molar-refractivity contribution is 5.96. The van der Waals surface area contributed by atoms with Crippen molar-refractivity contribution in [1.82, 2.24) is 0 Å². The molecule has 0 unspecified atom stereocenters. The van der Waals surface area contributed by atoms with Gasteiger partial charge in [0.1, 0.15) is 0 Å². The summed E-state index contributed by atoms with van der Waals surface area (Å²) < 4.78 is 0. The summed E-state index contributed by atoms with van der Waals surface area (Å²) in [6, 6.07) is 49.0. The van der Waals surface area contributed by atoms with E-state index in [0.717, 1.165) is 0 Å². The van der Waals surface area contributed by atoms with Crippen molar-refractivity contribution in [2.75, 3.05) is 0 Å². The summed E-state index contributed by atoms with van der Waals surface area (Å²) in [5.74, 6) is 0. The van der Waals surface area contributed by atoms with Gasteiger partial charge in [0.2, 0.25) is 0 Å². The summed E-state index contributed by atoms with van der Waals surface area (Å²) in [4.78, 5) is 0. The van der Waals surface area contributed by atoms with E-state index in [1.165, 1.54) is 54.9 Å². The molecule has 0 amide bonds. The lowest BCUT2D eigenvalue weighted by Crippen LogP contribution is -2.31. The van der Waals surface area contributed by atoms with Crippen LogP contribution in [0.4, 0.5) is 0 Å². The third kappa shape index (κ3) is 3.29. The van der Waals surface area contributed by atoms with Crippen molar-refractivity contribution in [2.24, 2.45) is 0 Å². The van der Waals surface area contributed by atoms with Gasteiger partial charge in [-0.25, -0.2) is 0 Å². The Morgan fingerprint density at radius 1 is 0.343 bits per heavy atom. The van der Waals surface area contributed by atoms with Crippen LogP contribution in [0.2, 0.25) is 0 Å². The van der Waals surface area contributed by atoms with Gasteiger partial charge in [-0.15, -0.1) is 0 Å². The highest BCUT2D eigenvalue weighted by Crippen LogP contribution is 2.49. The largest absolute Gasteiger partial charge is 0.0713 e. The quantitative estimate of drug-likeness (QED) is 0.236. The van der Waals surface area contributed by atoms with E-state index in [9.17, 15) is 0 Å². The van der Waals surface area contributed by atoms with Crippen LogP contribution in [-0.4, -0.2) is 0 Å². The van der Waals surface area contributed by atoms with Crippen molar-refractivity contribution in [1.29, 1.82) is 0 Å². The Labute approximate surface area is 207 Å². The molecule has 0 saturated heterocycles. The highest BCUT2D eigenvalue weighted by Gasteiger charge is 2.40. The summed E-state index contributed by atoms with van der Waals surface area (Å²) in [6.07, 6.45) is 0. The summed E-state index contributed by atoms with van der Waals surface area (Å²) in [6.45, 7) is 4.42. The zero-order valence-corrected chi connectivity index (χ0v) is 20.2. The van der Waals surface area contributed by atoms with Gasteiger partial charge in [0, 0.05) is 0 Å². The first-order valence-corrected chi connectivity index (χ1v) is 12.3. The number of aryl methyl sites for hydroxylation is 2. The van der Waals surface area contributed by atoms with E-state index in [4.69, 9.17) is 0 Å². The van der Waals surface area contributed by atoms with E-state index in [0.29, 0.717) is 0 Å². The molecule has 0 fully saturated rings. The zero-order valence-electron chi connectivity index (χ0n) is 20.2. The maximum atomic E-state index is 2.35. The normalized spacial score (nSPS) is 11.7. The highest BCUT2D eigenvalue weighted by atomic mass is 14.4. The molecule has 6 aromatic carbocycles. The Hall–Kier alpha value is -4.16. The van der Waals surface area contributed by atoms with Crippen LogP contribution in [0.15, 0.2) is 133 Å². The first-order valence-electron chi connectivity index (χ1n) is 12.3. The van der Waals surface area contributed by atoms with Crippen molar-refractivity contribution in [2.45, 2.75) is 19.3 Å². The lowest BCUT2D eigenvalue weighted by molar-refractivity contribution is 0.759. The van der Waals surface area contributed by atoms with Gasteiger partial charge < -0.3 is 0 Å². The van der Waals surface area contributed by atoms with Gasteiger partial charge in [0.25, 0.3) is 0 Å². The maximum absolute atomic E-state index is 2.35. The minimum atomic E-state index is -0.483. The molecule has 0 bridgehead atoms. The molecule has 6 rings (SSSR count). The zero-order chi connectivity index (χ0) is 23.8. The molecule has 0 nitrogen and oxygen atoms in total. The van der Waals surface area contributed by atoms with E-state index in [2.05, 4.69) is 147 Å². The first kappa shape index (κ1) is 21.4. The number of benzene rings is 6. The predicted octanol–water partition coefficient (Wildman–Crippen LogP) is 8.99. The molecule has 0 heteroatoms. The average molecular weight is 449 g/mol. The molecule has 0 N–H and O–H groups in total. The van der Waals surface area contributed by atoms with Crippen LogP contribution in [0.5, 0.6) is 0 Å². The van der Waals surface area contributed by atoms with Gasteiger partial charge in [-0.1, -0.05) is 133 Å². The predicted molar refractivity (Wildman–Crippen MR) is 149 cm³/mol. The molecule has 6 aromatic rings. The fourth-order valence-corrected chi connectivity index (χ4v) is 5.86. The number of hydrogen-bond donors (Lipinski definition) is 0. The fourth-order valence-electron chi connectivity index (χ4n) is 5.86. The minimum Gasteiger partial charge on any atom is -0.0622 e. The molecule has 0 aliphatic heterocycles. The second kappa shape index (κ2) is 8.56. The van der Waals surface area contributed by atoms with Gasteiger partial charge in [0.05, 0.1) is 5.41 Å². The molecule has 0 atom stereocenters.